The highest BCUT2D eigenvalue weighted by Crippen LogP contribution is 2.18. The Bertz CT molecular complexity index is 712. The summed E-state index contributed by atoms with van der Waals surface area (Å²) in [4.78, 5) is 4.86. The van der Waals surface area contributed by atoms with Gasteiger partial charge in [-0.25, -0.2) is 13.5 Å². The number of thiocarbonyl (C=S) groups is 1. The van der Waals surface area contributed by atoms with E-state index in [0.717, 1.165) is 56.0 Å². The number of piperidine rings is 1. The summed E-state index contributed by atoms with van der Waals surface area (Å²) in [6.07, 6.45) is 10.0. The molecule has 1 fully saturated rings. The van der Waals surface area contributed by atoms with Gasteiger partial charge in [-0.15, -0.1) is 0 Å². The van der Waals surface area contributed by atoms with Gasteiger partial charge in [0.25, 0.3) is 0 Å². The summed E-state index contributed by atoms with van der Waals surface area (Å²) in [5.41, 5.74) is 0.900. The molecule has 1 atom stereocenters. The number of aryl methyl sites for hydroxylation is 1. The summed E-state index contributed by atoms with van der Waals surface area (Å²) < 4.78 is 16.7. The van der Waals surface area contributed by atoms with Gasteiger partial charge < -0.3 is 15.2 Å². The van der Waals surface area contributed by atoms with Crippen LogP contribution in [0.3, 0.4) is 0 Å². The average molecular weight is 392 g/mol. The molecule has 1 unspecified atom stereocenters. The van der Waals surface area contributed by atoms with Crippen LogP contribution in [-0.2, 0) is 17.5 Å². The monoisotopic (exact) mass is 391 g/mol. The number of benzene rings is 1. The molecule has 1 aromatic heterocycles. The van der Waals surface area contributed by atoms with Gasteiger partial charge in [-0.05, 0) is 55.7 Å². The van der Waals surface area contributed by atoms with E-state index in [9.17, 15) is 4.21 Å². The maximum Gasteiger partial charge on any atom is 0.170 e. The zero-order valence-corrected chi connectivity index (χ0v) is 16.4. The summed E-state index contributed by atoms with van der Waals surface area (Å²) in [6, 6.07) is 7.68. The van der Waals surface area contributed by atoms with Crippen LogP contribution in [0.15, 0.2) is 47.9 Å². The molecule has 0 bridgehead atoms. The Kier molecular flexibility index (Phi) is 7.16. The molecule has 1 aliphatic rings. The van der Waals surface area contributed by atoms with Crippen LogP contribution in [-0.4, -0.2) is 42.8 Å². The summed E-state index contributed by atoms with van der Waals surface area (Å²) in [7, 11) is -1.06. The SMILES string of the molecule is O=S(c1ccc(NC(=S)NCCCn2ccnc2)cc1)N1CCCCC1. The highest BCUT2D eigenvalue weighted by molar-refractivity contribution is 7.82. The standard InChI is InChI=1S/C18H25N5OS2/c24-26(23-12-2-1-3-13-23)17-7-5-16(6-8-17)21-18(25)20-9-4-11-22-14-10-19-15-22/h5-8,10,14-15H,1-4,9,11-13H2,(H2,20,21,25). The Hall–Kier alpha value is -1.77. The number of anilines is 1. The highest BCUT2D eigenvalue weighted by atomic mass is 32.2. The second-order valence-electron chi connectivity index (χ2n) is 6.30. The molecule has 0 spiro atoms. The molecule has 1 aromatic carbocycles. The normalized spacial score (nSPS) is 16.2. The second-order valence-corrected chi connectivity index (χ2v) is 8.19. The van der Waals surface area contributed by atoms with Crippen molar-refractivity contribution >= 4 is 34.0 Å². The van der Waals surface area contributed by atoms with Gasteiger partial charge in [0.05, 0.1) is 11.2 Å². The molecule has 1 aliphatic heterocycles. The van der Waals surface area contributed by atoms with Crippen LogP contribution in [0.5, 0.6) is 0 Å². The number of nitrogens with one attached hydrogen (secondary N) is 2. The third-order valence-corrected chi connectivity index (χ3v) is 6.06. The van der Waals surface area contributed by atoms with Crippen LogP contribution in [0.2, 0.25) is 0 Å². The van der Waals surface area contributed by atoms with E-state index in [1.54, 1.807) is 6.20 Å². The van der Waals surface area contributed by atoms with E-state index in [-0.39, 0.29) is 0 Å². The first-order valence-corrected chi connectivity index (χ1v) is 10.5. The van der Waals surface area contributed by atoms with E-state index < -0.39 is 11.0 Å². The minimum atomic E-state index is -1.06. The van der Waals surface area contributed by atoms with Gasteiger partial charge >= 0.3 is 0 Å². The molecule has 0 aliphatic carbocycles. The van der Waals surface area contributed by atoms with E-state index in [1.807, 2.05) is 41.4 Å². The molecule has 2 heterocycles. The van der Waals surface area contributed by atoms with Crippen LogP contribution in [0.1, 0.15) is 25.7 Å². The quantitative estimate of drug-likeness (QED) is 0.561. The number of nitrogens with zero attached hydrogens (tertiary/aromatic N) is 3. The number of aromatic nitrogens is 2. The van der Waals surface area contributed by atoms with Crippen LogP contribution >= 0.6 is 12.2 Å². The number of imidazole rings is 1. The summed E-state index contributed by atoms with van der Waals surface area (Å²) >= 11 is 5.33. The van der Waals surface area contributed by atoms with Crippen molar-refractivity contribution in [1.29, 1.82) is 0 Å². The minimum absolute atomic E-state index is 0.598. The fourth-order valence-electron chi connectivity index (χ4n) is 2.89. The first-order valence-electron chi connectivity index (χ1n) is 9.00. The lowest BCUT2D eigenvalue weighted by molar-refractivity contribution is 0.365. The van der Waals surface area contributed by atoms with E-state index in [4.69, 9.17) is 12.2 Å². The molecule has 0 saturated carbocycles. The van der Waals surface area contributed by atoms with E-state index >= 15 is 0 Å². The van der Waals surface area contributed by atoms with Gasteiger partial charge in [-0.2, -0.15) is 0 Å². The molecule has 2 N–H and O–H groups in total. The molecule has 2 aromatic rings. The summed E-state index contributed by atoms with van der Waals surface area (Å²) in [5.74, 6) is 0. The number of hydrogen-bond donors (Lipinski definition) is 2. The largest absolute Gasteiger partial charge is 0.362 e. The van der Waals surface area contributed by atoms with Gasteiger partial charge in [0.1, 0.15) is 11.0 Å². The van der Waals surface area contributed by atoms with Crippen molar-refractivity contribution < 1.29 is 4.21 Å². The smallest absolute Gasteiger partial charge is 0.170 e. The topological polar surface area (TPSA) is 62.2 Å². The first kappa shape index (κ1) is 19.0. The maximum absolute atomic E-state index is 12.6. The van der Waals surface area contributed by atoms with Gasteiger partial charge in [0.15, 0.2) is 5.11 Å². The molecule has 26 heavy (non-hydrogen) atoms. The fourth-order valence-corrected chi connectivity index (χ4v) is 4.37. The van der Waals surface area contributed by atoms with Crippen molar-refractivity contribution in [1.82, 2.24) is 19.2 Å². The zero-order valence-electron chi connectivity index (χ0n) is 14.8. The summed E-state index contributed by atoms with van der Waals surface area (Å²) in [5, 5.41) is 6.97. The number of rotatable bonds is 7. The lowest BCUT2D eigenvalue weighted by atomic mass is 10.2. The average Bonchev–Trinajstić information content (AvgIpc) is 3.19. The Morgan fingerprint density at radius 3 is 2.65 bits per heavy atom. The summed E-state index contributed by atoms with van der Waals surface area (Å²) in [6.45, 7) is 3.53. The Morgan fingerprint density at radius 2 is 1.96 bits per heavy atom. The van der Waals surface area contributed by atoms with Gasteiger partial charge in [0, 0.05) is 44.3 Å². The van der Waals surface area contributed by atoms with Crippen LogP contribution in [0.25, 0.3) is 0 Å². The molecule has 8 heteroatoms. The van der Waals surface area contributed by atoms with Crippen molar-refractivity contribution in [3.8, 4) is 0 Å². The predicted octanol–water partition coefficient (Wildman–Crippen LogP) is 2.77. The van der Waals surface area contributed by atoms with Gasteiger partial charge in [0.2, 0.25) is 0 Å². The van der Waals surface area contributed by atoms with Crippen molar-refractivity contribution in [2.45, 2.75) is 37.1 Å². The van der Waals surface area contributed by atoms with Crippen molar-refractivity contribution in [2.75, 3.05) is 25.0 Å². The first-order chi connectivity index (χ1) is 12.7. The molecule has 0 amide bonds. The van der Waals surface area contributed by atoms with Crippen LogP contribution < -0.4 is 10.6 Å². The van der Waals surface area contributed by atoms with Crippen molar-refractivity contribution in [2.24, 2.45) is 0 Å². The van der Waals surface area contributed by atoms with Crippen molar-refractivity contribution in [3.63, 3.8) is 0 Å². The van der Waals surface area contributed by atoms with Crippen LogP contribution in [0, 0.1) is 0 Å². The van der Waals surface area contributed by atoms with Crippen molar-refractivity contribution in [3.05, 3.63) is 43.0 Å². The third-order valence-electron chi connectivity index (χ3n) is 4.30. The Morgan fingerprint density at radius 1 is 1.19 bits per heavy atom. The third kappa shape index (κ3) is 5.62. The van der Waals surface area contributed by atoms with Crippen LogP contribution in [0.4, 0.5) is 5.69 Å². The zero-order chi connectivity index (χ0) is 18.2. The lowest BCUT2D eigenvalue weighted by Crippen LogP contribution is -2.31. The molecule has 6 nitrogen and oxygen atoms in total. The Labute approximate surface area is 162 Å². The minimum Gasteiger partial charge on any atom is -0.362 e. The second kappa shape index (κ2) is 9.80. The Balaban J connectivity index is 1.41. The van der Waals surface area contributed by atoms with E-state index in [1.165, 1.54) is 6.42 Å². The molecular formula is C18H25N5OS2. The number of hydrogen-bond acceptors (Lipinski definition) is 3. The van der Waals surface area contributed by atoms with E-state index in [0.29, 0.717) is 5.11 Å². The van der Waals surface area contributed by atoms with Gasteiger partial charge in [-0.1, -0.05) is 6.42 Å². The fraction of sp³-hybridized carbons (Fsp3) is 0.444. The molecule has 140 valence electrons. The maximum atomic E-state index is 12.6. The van der Waals surface area contributed by atoms with E-state index in [2.05, 4.69) is 19.9 Å². The lowest BCUT2D eigenvalue weighted by Gasteiger charge is -2.25. The van der Waals surface area contributed by atoms with Gasteiger partial charge in [-0.3, -0.25) is 0 Å². The highest BCUT2D eigenvalue weighted by Gasteiger charge is 2.17. The molecule has 3 rings (SSSR count). The molecule has 1 saturated heterocycles. The molecule has 0 radical (unpaired) electrons. The molecular weight excluding hydrogens is 366 g/mol. The predicted molar refractivity (Wildman–Crippen MR) is 109 cm³/mol.